The lowest BCUT2D eigenvalue weighted by molar-refractivity contribution is 0.129. The van der Waals surface area contributed by atoms with Gasteiger partial charge < -0.3 is 15.6 Å². The first-order valence-electron chi connectivity index (χ1n) is 5.87. The van der Waals surface area contributed by atoms with Crippen molar-refractivity contribution in [2.75, 3.05) is 7.11 Å². The molecule has 0 fully saturated rings. The summed E-state index contributed by atoms with van der Waals surface area (Å²) in [4.78, 5) is 0. The van der Waals surface area contributed by atoms with Gasteiger partial charge in [0.2, 0.25) is 0 Å². The number of ether oxygens (including phenoxy) is 1. The summed E-state index contributed by atoms with van der Waals surface area (Å²) in [5.41, 5.74) is 6.14. The van der Waals surface area contributed by atoms with Gasteiger partial charge in [-0.3, -0.25) is 0 Å². The van der Waals surface area contributed by atoms with Crippen molar-refractivity contribution in [3.63, 3.8) is 0 Å². The summed E-state index contributed by atoms with van der Waals surface area (Å²) in [7, 11) is 1.46. The van der Waals surface area contributed by atoms with Gasteiger partial charge in [-0.25, -0.2) is 4.39 Å². The van der Waals surface area contributed by atoms with Crippen LogP contribution in [-0.4, -0.2) is 18.3 Å². The Labute approximate surface area is 114 Å². The summed E-state index contributed by atoms with van der Waals surface area (Å²) < 4.78 is 18.8. The molecule has 0 heterocycles. The third kappa shape index (κ3) is 4.12. The zero-order valence-electron chi connectivity index (χ0n) is 10.7. The first-order chi connectivity index (χ1) is 8.11. The van der Waals surface area contributed by atoms with E-state index in [1.54, 1.807) is 12.1 Å². The van der Waals surface area contributed by atoms with E-state index in [2.05, 4.69) is 0 Å². The molecule has 0 unspecified atom stereocenters. The van der Waals surface area contributed by atoms with Gasteiger partial charge in [-0.15, -0.1) is 12.4 Å². The molecule has 3 nitrogen and oxygen atoms in total. The molecule has 0 aliphatic rings. The minimum Gasteiger partial charge on any atom is -0.496 e. The maximum Gasteiger partial charge on any atom is 0.131 e. The van der Waals surface area contributed by atoms with Crippen molar-refractivity contribution in [1.29, 1.82) is 0 Å². The van der Waals surface area contributed by atoms with E-state index in [-0.39, 0.29) is 18.0 Å². The summed E-state index contributed by atoms with van der Waals surface area (Å²) in [6.07, 6.45) is 1.65. The minimum absolute atomic E-state index is 0. The molecule has 0 aromatic heterocycles. The molecule has 104 valence electrons. The summed E-state index contributed by atoms with van der Waals surface area (Å²) in [6, 6.07) is 3.77. The Morgan fingerprint density at radius 2 is 2.11 bits per heavy atom. The zero-order valence-corrected chi connectivity index (χ0v) is 11.5. The van der Waals surface area contributed by atoms with Crippen molar-refractivity contribution in [2.24, 2.45) is 5.73 Å². The fraction of sp³-hybridized carbons (Fsp3) is 0.538. The molecule has 1 rings (SSSR count). The van der Waals surface area contributed by atoms with Crippen LogP contribution >= 0.6 is 12.4 Å². The molecule has 1 aromatic rings. The fourth-order valence-electron chi connectivity index (χ4n) is 1.80. The number of hydrogen-bond donors (Lipinski definition) is 2. The molecule has 0 saturated heterocycles. The highest BCUT2D eigenvalue weighted by atomic mass is 35.5. The Morgan fingerprint density at radius 1 is 1.44 bits per heavy atom. The van der Waals surface area contributed by atoms with Crippen LogP contribution in [0.2, 0.25) is 0 Å². The van der Waals surface area contributed by atoms with E-state index < -0.39 is 18.0 Å². The highest BCUT2D eigenvalue weighted by Gasteiger charge is 2.23. The first-order valence-corrected chi connectivity index (χ1v) is 5.87. The van der Waals surface area contributed by atoms with Crippen molar-refractivity contribution in [3.05, 3.63) is 29.6 Å². The first kappa shape index (κ1) is 17.2. The van der Waals surface area contributed by atoms with Gasteiger partial charge in [0.1, 0.15) is 11.6 Å². The van der Waals surface area contributed by atoms with Gasteiger partial charge in [0, 0.05) is 5.56 Å². The number of nitrogens with two attached hydrogens (primary N) is 1. The number of methoxy groups -OCH3 is 1. The van der Waals surface area contributed by atoms with Crippen LogP contribution in [0.3, 0.4) is 0 Å². The van der Waals surface area contributed by atoms with Gasteiger partial charge in [-0.2, -0.15) is 0 Å². The van der Waals surface area contributed by atoms with Crippen LogP contribution in [0.15, 0.2) is 18.2 Å². The molecule has 5 heteroatoms. The molecule has 2 atom stereocenters. The highest BCUT2D eigenvalue weighted by Crippen LogP contribution is 2.29. The summed E-state index contributed by atoms with van der Waals surface area (Å²) in [5.74, 6) is -0.0551. The lowest BCUT2D eigenvalue weighted by Gasteiger charge is -2.21. The second-order valence-electron chi connectivity index (χ2n) is 4.09. The molecule has 0 aliphatic heterocycles. The van der Waals surface area contributed by atoms with Crippen molar-refractivity contribution < 1.29 is 14.2 Å². The smallest absolute Gasteiger partial charge is 0.131 e. The molecular formula is C13H21ClFNO2. The SMILES string of the molecule is CCCC[C@H](O)[C@H](N)c1c(F)cccc1OC.Cl. The van der Waals surface area contributed by atoms with E-state index in [4.69, 9.17) is 10.5 Å². The third-order valence-corrected chi connectivity index (χ3v) is 2.83. The van der Waals surface area contributed by atoms with E-state index in [9.17, 15) is 9.50 Å². The molecule has 0 bridgehead atoms. The van der Waals surface area contributed by atoms with Crippen LogP contribution in [-0.2, 0) is 0 Å². The van der Waals surface area contributed by atoms with E-state index in [0.29, 0.717) is 12.2 Å². The molecule has 0 aliphatic carbocycles. The second-order valence-corrected chi connectivity index (χ2v) is 4.09. The van der Waals surface area contributed by atoms with Crippen molar-refractivity contribution in [1.82, 2.24) is 0 Å². The summed E-state index contributed by atoms with van der Waals surface area (Å²) >= 11 is 0. The van der Waals surface area contributed by atoms with Crippen molar-refractivity contribution >= 4 is 12.4 Å². The Hall–Kier alpha value is -0.840. The predicted octanol–water partition coefficient (Wildman–Crippen LogP) is 2.81. The van der Waals surface area contributed by atoms with Crippen LogP contribution in [0.5, 0.6) is 5.75 Å². The number of hydrogen-bond acceptors (Lipinski definition) is 3. The van der Waals surface area contributed by atoms with Gasteiger partial charge in [0.25, 0.3) is 0 Å². The molecule has 0 amide bonds. The van der Waals surface area contributed by atoms with Crippen LogP contribution in [0, 0.1) is 5.82 Å². The Balaban J connectivity index is 0.00000289. The van der Waals surface area contributed by atoms with Gasteiger partial charge in [-0.1, -0.05) is 25.8 Å². The lowest BCUT2D eigenvalue weighted by atomic mass is 9.97. The largest absolute Gasteiger partial charge is 0.496 e. The molecule has 18 heavy (non-hydrogen) atoms. The van der Waals surface area contributed by atoms with E-state index in [1.807, 2.05) is 6.92 Å². The van der Waals surface area contributed by atoms with E-state index in [1.165, 1.54) is 13.2 Å². The summed E-state index contributed by atoms with van der Waals surface area (Å²) in [5, 5.41) is 9.90. The summed E-state index contributed by atoms with van der Waals surface area (Å²) in [6.45, 7) is 2.03. The average Bonchev–Trinajstić information content (AvgIpc) is 2.34. The molecule has 3 N–H and O–H groups in total. The molecule has 0 spiro atoms. The molecule has 1 aromatic carbocycles. The standard InChI is InChI=1S/C13H20FNO2.ClH/c1-3-4-7-10(16)13(15)12-9(14)6-5-8-11(12)17-2;/h5-6,8,10,13,16H,3-4,7,15H2,1-2H3;1H/t10-,13-;/m0./s1. The Kier molecular flexibility index (Phi) is 7.91. The monoisotopic (exact) mass is 277 g/mol. The quantitative estimate of drug-likeness (QED) is 0.841. The number of rotatable bonds is 6. The lowest BCUT2D eigenvalue weighted by Crippen LogP contribution is -2.27. The fourth-order valence-corrected chi connectivity index (χ4v) is 1.80. The molecule has 0 saturated carbocycles. The maximum absolute atomic E-state index is 13.7. The average molecular weight is 278 g/mol. The zero-order chi connectivity index (χ0) is 12.8. The van der Waals surface area contributed by atoms with Crippen LogP contribution in [0.1, 0.15) is 37.8 Å². The number of aliphatic hydroxyl groups excluding tert-OH is 1. The van der Waals surface area contributed by atoms with Crippen LogP contribution in [0.4, 0.5) is 4.39 Å². The van der Waals surface area contributed by atoms with Gasteiger partial charge in [-0.05, 0) is 18.6 Å². The van der Waals surface area contributed by atoms with Crippen molar-refractivity contribution in [3.8, 4) is 5.75 Å². The highest BCUT2D eigenvalue weighted by molar-refractivity contribution is 5.85. The molecular weight excluding hydrogens is 257 g/mol. The third-order valence-electron chi connectivity index (χ3n) is 2.83. The Morgan fingerprint density at radius 3 is 2.67 bits per heavy atom. The number of unbranched alkanes of at least 4 members (excludes halogenated alkanes) is 1. The normalized spacial score (nSPS) is 13.6. The van der Waals surface area contributed by atoms with Crippen molar-refractivity contribution in [2.45, 2.75) is 38.3 Å². The topological polar surface area (TPSA) is 55.5 Å². The van der Waals surface area contributed by atoms with Crippen LogP contribution < -0.4 is 10.5 Å². The Bertz CT molecular complexity index is 363. The second kappa shape index (κ2) is 8.29. The van der Waals surface area contributed by atoms with E-state index in [0.717, 1.165) is 12.8 Å². The van der Waals surface area contributed by atoms with Crippen LogP contribution in [0.25, 0.3) is 0 Å². The number of benzene rings is 1. The molecule has 0 radical (unpaired) electrons. The number of halogens is 2. The number of aliphatic hydroxyl groups is 1. The van der Waals surface area contributed by atoms with Gasteiger partial charge in [0.05, 0.1) is 19.3 Å². The maximum atomic E-state index is 13.7. The predicted molar refractivity (Wildman–Crippen MR) is 72.7 cm³/mol. The van der Waals surface area contributed by atoms with Gasteiger partial charge >= 0.3 is 0 Å². The van der Waals surface area contributed by atoms with Gasteiger partial charge in [0.15, 0.2) is 0 Å². The van der Waals surface area contributed by atoms with E-state index >= 15 is 0 Å². The minimum atomic E-state index is -0.752.